The molecule has 2 aliphatic rings. The Bertz CT molecular complexity index is 1870. The first-order valence-corrected chi connectivity index (χ1v) is 17.9. The lowest BCUT2D eigenvalue weighted by atomic mass is 9.66. The number of halogens is 3. The Kier molecular flexibility index (Phi) is 10.6. The molecular weight excluding hydrogens is 639 g/mol. The summed E-state index contributed by atoms with van der Waals surface area (Å²) in [7, 11) is 2.20. The molecule has 6 rings (SSSR count). The minimum atomic E-state index is -4.51. The highest BCUT2D eigenvalue weighted by Crippen LogP contribution is 2.45. The number of aromatic nitrogens is 3. The van der Waals surface area contributed by atoms with E-state index in [0.717, 1.165) is 54.3 Å². The molecular formula is C39H50F3N7O. The van der Waals surface area contributed by atoms with Gasteiger partial charge in [0.2, 0.25) is 0 Å². The third-order valence-electron chi connectivity index (χ3n) is 11.0. The summed E-state index contributed by atoms with van der Waals surface area (Å²) in [5.74, 6) is 1.79. The maximum atomic E-state index is 13.5. The number of hydrogen-bond acceptors (Lipinski definition) is 7. The standard InChI is InChI=1S/C39H50F3N7O/c1-25-18-35-34(37(47-27(3)46-35)45-26(2)30-19-31(39(40,41)42)22-32(43)20-30)23-33(25)29-8-17-49(36(50)21-29)16-5-15-48(4)24-28-6-9-38(10-7-28)11-13-44-14-12-38/h8,17-23,26,28,44H,5-7,9-16,24,43H2,1-4H3,(H,45,46,47)/t26-/m1/s1. The lowest BCUT2D eigenvalue weighted by Gasteiger charge is -2.43. The van der Waals surface area contributed by atoms with Gasteiger partial charge in [-0.3, -0.25) is 4.79 Å². The van der Waals surface area contributed by atoms with Gasteiger partial charge in [0.15, 0.2) is 0 Å². The molecule has 1 aliphatic heterocycles. The fourth-order valence-corrected chi connectivity index (χ4v) is 8.03. The van der Waals surface area contributed by atoms with E-state index in [2.05, 4.69) is 32.5 Å². The van der Waals surface area contributed by atoms with E-state index >= 15 is 0 Å². The molecule has 0 radical (unpaired) electrons. The lowest BCUT2D eigenvalue weighted by molar-refractivity contribution is -0.137. The predicted molar refractivity (Wildman–Crippen MR) is 195 cm³/mol. The van der Waals surface area contributed by atoms with Crippen molar-refractivity contribution in [1.82, 2.24) is 24.8 Å². The lowest BCUT2D eigenvalue weighted by Crippen LogP contribution is -2.40. The summed E-state index contributed by atoms with van der Waals surface area (Å²) >= 11 is 0. The SMILES string of the molecule is Cc1nc(N[C@H](C)c2cc(N)cc(C(F)(F)F)c2)c2cc(-c3ccn(CCCN(C)CC4CCC5(CCNCC5)CC4)c(=O)c3)c(C)cc2n1. The summed E-state index contributed by atoms with van der Waals surface area (Å²) in [5.41, 5.74) is 9.32. The highest BCUT2D eigenvalue weighted by atomic mass is 19.4. The predicted octanol–water partition coefficient (Wildman–Crippen LogP) is 7.73. The van der Waals surface area contributed by atoms with Gasteiger partial charge < -0.3 is 25.8 Å². The highest BCUT2D eigenvalue weighted by molar-refractivity contribution is 5.94. The second kappa shape index (κ2) is 14.7. The first-order valence-electron chi connectivity index (χ1n) is 17.9. The number of fused-ring (bicyclic) bond motifs is 1. The number of piperidine rings is 1. The Morgan fingerprint density at radius 3 is 2.50 bits per heavy atom. The molecule has 0 unspecified atom stereocenters. The van der Waals surface area contributed by atoms with Crippen molar-refractivity contribution in [3.05, 3.63) is 81.5 Å². The van der Waals surface area contributed by atoms with Crippen LogP contribution < -0.4 is 21.9 Å². The molecule has 268 valence electrons. The van der Waals surface area contributed by atoms with E-state index in [-0.39, 0.29) is 11.2 Å². The number of pyridine rings is 1. The van der Waals surface area contributed by atoms with Crippen LogP contribution in [0.15, 0.2) is 53.5 Å². The molecule has 0 amide bonds. The van der Waals surface area contributed by atoms with Gasteiger partial charge in [-0.2, -0.15) is 13.2 Å². The van der Waals surface area contributed by atoms with Gasteiger partial charge in [0.25, 0.3) is 5.56 Å². The van der Waals surface area contributed by atoms with Crippen molar-refractivity contribution in [3.63, 3.8) is 0 Å². The van der Waals surface area contributed by atoms with Crippen LogP contribution in [0.3, 0.4) is 0 Å². The van der Waals surface area contributed by atoms with E-state index in [1.807, 2.05) is 31.3 Å². The smallest absolute Gasteiger partial charge is 0.399 e. The Hall–Kier alpha value is -3.96. The van der Waals surface area contributed by atoms with Gasteiger partial charge in [-0.05, 0) is 162 Å². The first-order chi connectivity index (χ1) is 23.8. The fraction of sp³-hybridized carbons (Fsp3) is 0.513. The van der Waals surface area contributed by atoms with Crippen molar-refractivity contribution in [1.29, 1.82) is 0 Å². The third-order valence-corrected chi connectivity index (χ3v) is 11.0. The van der Waals surface area contributed by atoms with Crippen LogP contribution in [0.2, 0.25) is 0 Å². The van der Waals surface area contributed by atoms with Crippen LogP contribution in [-0.2, 0) is 12.7 Å². The van der Waals surface area contributed by atoms with Crippen molar-refractivity contribution in [2.24, 2.45) is 11.3 Å². The molecule has 2 fully saturated rings. The quantitative estimate of drug-likeness (QED) is 0.147. The van der Waals surface area contributed by atoms with Gasteiger partial charge >= 0.3 is 6.18 Å². The maximum absolute atomic E-state index is 13.5. The zero-order chi connectivity index (χ0) is 35.6. The topological polar surface area (TPSA) is 101 Å². The van der Waals surface area contributed by atoms with E-state index in [0.29, 0.717) is 40.1 Å². The molecule has 11 heteroatoms. The number of anilines is 2. The van der Waals surface area contributed by atoms with Gasteiger partial charge in [-0.1, -0.05) is 0 Å². The summed E-state index contributed by atoms with van der Waals surface area (Å²) in [6.45, 7) is 10.6. The van der Waals surface area contributed by atoms with Crippen LogP contribution in [0.25, 0.3) is 22.0 Å². The van der Waals surface area contributed by atoms with E-state index in [9.17, 15) is 18.0 Å². The second-order valence-electron chi connectivity index (χ2n) is 14.8. The molecule has 1 aliphatic carbocycles. The number of aryl methyl sites for hydroxylation is 3. The zero-order valence-electron chi connectivity index (χ0n) is 29.7. The van der Waals surface area contributed by atoms with Crippen molar-refractivity contribution >= 4 is 22.4 Å². The molecule has 50 heavy (non-hydrogen) atoms. The Labute approximate surface area is 292 Å². The van der Waals surface area contributed by atoms with E-state index in [1.54, 1.807) is 24.5 Å². The number of alkyl halides is 3. The number of rotatable bonds is 10. The molecule has 1 spiro atoms. The van der Waals surface area contributed by atoms with Crippen molar-refractivity contribution < 1.29 is 13.2 Å². The molecule has 4 N–H and O–H groups in total. The van der Waals surface area contributed by atoms with Gasteiger partial charge in [0.1, 0.15) is 11.6 Å². The maximum Gasteiger partial charge on any atom is 0.416 e. The van der Waals surface area contributed by atoms with Crippen molar-refractivity contribution in [2.75, 3.05) is 44.3 Å². The minimum Gasteiger partial charge on any atom is -0.399 e. The zero-order valence-corrected chi connectivity index (χ0v) is 29.7. The van der Waals surface area contributed by atoms with Crippen LogP contribution in [0.4, 0.5) is 24.7 Å². The van der Waals surface area contributed by atoms with Crippen molar-refractivity contribution in [3.8, 4) is 11.1 Å². The highest BCUT2D eigenvalue weighted by Gasteiger charge is 2.36. The average Bonchev–Trinajstić information content (AvgIpc) is 3.06. The normalized spacial score (nSPS) is 17.4. The number of nitrogens with two attached hydrogens (primary N) is 1. The Morgan fingerprint density at radius 2 is 1.80 bits per heavy atom. The van der Waals surface area contributed by atoms with Gasteiger partial charge in [-0.15, -0.1) is 0 Å². The first kappa shape index (κ1) is 35.9. The number of nitrogen functional groups attached to an aromatic ring is 1. The molecule has 4 aromatic rings. The molecule has 3 heterocycles. The van der Waals surface area contributed by atoms with Gasteiger partial charge in [-0.25, -0.2) is 9.97 Å². The van der Waals surface area contributed by atoms with Crippen LogP contribution in [0, 0.1) is 25.2 Å². The Morgan fingerprint density at radius 1 is 1.06 bits per heavy atom. The van der Waals surface area contributed by atoms with Crippen LogP contribution in [0.5, 0.6) is 0 Å². The molecule has 0 bridgehead atoms. The summed E-state index contributed by atoms with van der Waals surface area (Å²) < 4.78 is 42.3. The minimum absolute atomic E-state index is 0.0386. The van der Waals surface area contributed by atoms with Crippen LogP contribution >= 0.6 is 0 Å². The summed E-state index contributed by atoms with van der Waals surface area (Å²) in [6, 6.07) is 10.6. The fourth-order valence-electron chi connectivity index (χ4n) is 8.03. The average molecular weight is 690 g/mol. The van der Waals surface area contributed by atoms with Crippen LogP contribution in [-0.4, -0.2) is 52.7 Å². The third kappa shape index (κ3) is 8.32. The van der Waals surface area contributed by atoms with Gasteiger partial charge in [0.05, 0.1) is 17.1 Å². The molecule has 8 nitrogen and oxygen atoms in total. The summed E-state index contributed by atoms with van der Waals surface area (Å²) in [4.78, 5) is 24.9. The monoisotopic (exact) mass is 689 g/mol. The van der Waals surface area contributed by atoms with Crippen molar-refractivity contribution in [2.45, 2.75) is 84.5 Å². The number of nitrogens with zero attached hydrogens (tertiary/aromatic N) is 4. The van der Waals surface area contributed by atoms with E-state index in [4.69, 9.17) is 5.73 Å². The largest absolute Gasteiger partial charge is 0.416 e. The summed E-state index contributed by atoms with van der Waals surface area (Å²) in [6.07, 6.45) is 6.30. The Balaban J connectivity index is 1.12. The number of nitrogens with one attached hydrogen (secondary N) is 2. The molecule has 1 saturated carbocycles. The molecule has 1 saturated heterocycles. The van der Waals surface area contributed by atoms with E-state index in [1.165, 1.54) is 57.7 Å². The van der Waals surface area contributed by atoms with Crippen LogP contribution in [0.1, 0.15) is 80.4 Å². The second-order valence-corrected chi connectivity index (χ2v) is 14.8. The molecule has 2 aromatic carbocycles. The molecule has 1 atom stereocenters. The van der Waals surface area contributed by atoms with Gasteiger partial charge in [0, 0.05) is 36.4 Å². The molecule has 2 aromatic heterocycles. The number of hydrogen-bond donors (Lipinski definition) is 3. The van der Waals surface area contributed by atoms with E-state index < -0.39 is 17.8 Å². The summed E-state index contributed by atoms with van der Waals surface area (Å²) in [5, 5.41) is 7.51. The number of benzene rings is 2.